The molecule has 2 aliphatic rings. The maximum absolute atomic E-state index is 5.98. The monoisotopic (exact) mass is 280 g/mol. The number of fused-ring (bicyclic) bond motifs is 3. The first-order chi connectivity index (χ1) is 10.3. The van der Waals surface area contributed by atoms with Crippen LogP contribution < -0.4 is 10.6 Å². The van der Waals surface area contributed by atoms with E-state index in [1.807, 2.05) is 6.20 Å². The van der Waals surface area contributed by atoms with E-state index in [0.717, 1.165) is 50.4 Å². The van der Waals surface area contributed by atoms with Crippen LogP contribution in [0, 0.1) is 0 Å². The summed E-state index contributed by atoms with van der Waals surface area (Å²) >= 11 is 0. The molecule has 1 fully saturated rings. The molecule has 1 aromatic carbocycles. The number of piperidine rings is 1. The van der Waals surface area contributed by atoms with Gasteiger partial charge in [-0.2, -0.15) is 0 Å². The first kappa shape index (κ1) is 12.8. The number of aromatic nitrogens is 2. The van der Waals surface area contributed by atoms with Crippen LogP contribution in [-0.4, -0.2) is 29.1 Å². The van der Waals surface area contributed by atoms with E-state index in [-0.39, 0.29) is 0 Å². The van der Waals surface area contributed by atoms with E-state index in [9.17, 15) is 0 Å². The van der Waals surface area contributed by atoms with Gasteiger partial charge in [0.05, 0.1) is 5.69 Å². The highest BCUT2D eigenvalue weighted by Gasteiger charge is 2.22. The van der Waals surface area contributed by atoms with Crippen LogP contribution in [0.1, 0.15) is 24.0 Å². The molecule has 2 aromatic rings. The fourth-order valence-corrected chi connectivity index (χ4v) is 3.30. The van der Waals surface area contributed by atoms with Crippen molar-refractivity contribution < 1.29 is 0 Å². The van der Waals surface area contributed by atoms with Gasteiger partial charge in [-0.1, -0.05) is 24.3 Å². The van der Waals surface area contributed by atoms with Crippen LogP contribution in [0.25, 0.3) is 11.3 Å². The van der Waals surface area contributed by atoms with Crippen LogP contribution in [0.2, 0.25) is 0 Å². The van der Waals surface area contributed by atoms with E-state index in [0.29, 0.717) is 6.04 Å². The van der Waals surface area contributed by atoms with Gasteiger partial charge >= 0.3 is 0 Å². The van der Waals surface area contributed by atoms with Crippen LogP contribution in [0.4, 0.5) is 5.95 Å². The van der Waals surface area contributed by atoms with Crippen molar-refractivity contribution in [1.82, 2.24) is 9.97 Å². The quantitative estimate of drug-likeness (QED) is 0.870. The Morgan fingerprint density at radius 2 is 1.81 bits per heavy atom. The normalized spacial score (nSPS) is 18.2. The predicted octanol–water partition coefficient (Wildman–Crippen LogP) is 2.17. The van der Waals surface area contributed by atoms with Gasteiger partial charge in [0.2, 0.25) is 5.95 Å². The second-order valence-electron chi connectivity index (χ2n) is 6.03. The van der Waals surface area contributed by atoms with Gasteiger partial charge < -0.3 is 10.6 Å². The highest BCUT2D eigenvalue weighted by Crippen LogP contribution is 2.32. The Morgan fingerprint density at radius 3 is 2.67 bits per heavy atom. The van der Waals surface area contributed by atoms with Crippen molar-refractivity contribution in [2.24, 2.45) is 5.73 Å². The zero-order chi connectivity index (χ0) is 14.2. The van der Waals surface area contributed by atoms with Gasteiger partial charge in [-0.25, -0.2) is 9.97 Å². The molecule has 0 spiro atoms. The smallest absolute Gasteiger partial charge is 0.225 e. The van der Waals surface area contributed by atoms with Crippen LogP contribution >= 0.6 is 0 Å². The van der Waals surface area contributed by atoms with Gasteiger partial charge in [-0.15, -0.1) is 0 Å². The van der Waals surface area contributed by atoms with Crippen molar-refractivity contribution in [3.05, 3.63) is 41.6 Å². The molecular weight excluding hydrogens is 260 g/mol. The summed E-state index contributed by atoms with van der Waals surface area (Å²) in [6.07, 6.45) is 6.19. The van der Waals surface area contributed by atoms with Crippen molar-refractivity contribution in [3.8, 4) is 11.3 Å². The van der Waals surface area contributed by atoms with Gasteiger partial charge in [-0.3, -0.25) is 0 Å². The number of nitrogens with zero attached hydrogens (tertiary/aromatic N) is 3. The summed E-state index contributed by atoms with van der Waals surface area (Å²) in [5.74, 6) is 0.859. The molecule has 0 radical (unpaired) electrons. The molecule has 0 bridgehead atoms. The van der Waals surface area contributed by atoms with Crippen molar-refractivity contribution >= 4 is 5.95 Å². The van der Waals surface area contributed by atoms with Crippen LogP contribution in [-0.2, 0) is 12.8 Å². The lowest BCUT2D eigenvalue weighted by atomic mass is 9.90. The van der Waals surface area contributed by atoms with E-state index >= 15 is 0 Å². The molecule has 1 aliphatic carbocycles. The largest absolute Gasteiger partial charge is 0.341 e. The van der Waals surface area contributed by atoms with E-state index in [2.05, 4.69) is 34.1 Å². The third kappa shape index (κ3) is 2.29. The average molecular weight is 280 g/mol. The number of aryl methyl sites for hydroxylation is 2. The number of nitrogens with two attached hydrogens (primary N) is 1. The van der Waals surface area contributed by atoms with Crippen LogP contribution in [0.5, 0.6) is 0 Å². The van der Waals surface area contributed by atoms with Crippen molar-refractivity contribution in [3.63, 3.8) is 0 Å². The third-order valence-corrected chi connectivity index (χ3v) is 4.61. The zero-order valence-corrected chi connectivity index (χ0v) is 12.1. The van der Waals surface area contributed by atoms with Crippen LogP contribution in [0.15, 0.2) is 30.5 Å². The summed E-state index contributed by atoms with van der Waals surface area (Å²) in [5.41, 5.74) is 11.0. The molecule has 1 aliphatic heterocycles. The summed E-state index contributed by atoms with van der Waals surface area (Å²) in [7, 11) is 0. The maximum Gasteiger partial charge on any atom is 0.225 e. The zero-order valence-electron chi connectivity index (χ0n) is 12.1. The van der Waals surface area contributed by atoms with E-state index in [4.69, 9.17) is 10.7 Å². The summed E-state index contributed by atoms with van der Waals surface area (Å²) in [6, 6.07) is 8.92. The molecule has 4 rings (SSSR count). The molecule has 21 heavy (non-hydrogen) atoms. The standard InChI is InChI=1S/C17H20N4/c18-14-7-9-21(10-8-14)17-19-11-13-6-5-12-3-1-2-4-15(12)16(13)20-17/h1-4,11,14H,5-10,18H2. The molecule has 0 saturated carbocycles. The van der Waals surface area contributed by atoms with Gasteiger partial charge in [0.15, 0.2) is 0 Å². The molecule has 0 unspecified atom stereocenters. The van der Waals surface area contributed by atoms with E-state index in [1.54, 1.807) is 0 Å². The molecule has 1 aromatic heterocycles. The Hall–Kier alpha value is -1.94. The maximum atomic E-state index is 5.98. The Kier molecular flexibility index (Phi) is 3.11. The Balaban J connectivity index is 1.71. The van der Waals surface area contributed by atoms with E-state index < -0.39 is 0 Å². The fraction of sp³-hybridized carbons (Fsp3) is 0.412. The minimum absolute atomic E-state index is 0.333. The van der Waals surface area contributed by atoms with E-state index in [1.165, 1.54) is 16.7 Å². The van der Waals surface area contributed by atoms with Gasteiger partial charge in [0.1, 0.15) is 0 Å². The molecular formula is C17H20N4. The molecule has 108 valence electrons. The number of hydrogen-bond acceptors (Lipinski definition) is 4. The number of hydrogen-bond donors (Lipinski definition) is 1. The topological polar surface area (TPSA) is 55.0 Å². The summed E-state index contributed by atoms with van der Waals surface area (Å²) in [4.78, 5) is 11.7. The number of rotatable bonds is 1. The second-order valence-corrected chi connectivity index (χ2v) is 6.03. The number of anilines is 1. The Bertz CT molecular complexity index is 660. The molecule has 0 atom stereocenters. The molecule has 1 saturated heterocycles. The first-order valence-corrected chi connectivity index (χ1v) is 7.76. The van der Waals surface area contributed by atoms with Crippen molar-refractivity contribution in [1.29, 1.82) is 0 Å². The average Bonchev–Trinajstić information content (AvgIpc) is 2.55. The molecule has 2 N–H and O–H groups in total. The lowest BCUT2D eigenvalue weighted by molar-refractivity contribution is 0.495. The second kappa shape index (κ2) is 5.11. The lowest BCUT2D eigenvalue weighted by Crippen LogP contribution is -2.40. The molecule has 0 amide bonds. The molecule has 4 nitrogen and oxygen atoms in total. The summed E-state index contributed by atoms with van der Waals surface area (Å²) in [6.45, 7) is 1.92. The SMILES string of the molecule is NC1CCN(c2ncc3c(n2)-c2ccccc2CC3)CC1. The first-order valence-electron chi connectivity index (χ1n) is 7.76. The highest BCUT2D eigenvalue weighted by atomic mass is 15.3. The predicted molar refractivity (Wildman–Crippen MR) is 84.3 cm³/mol. The Morgan fingerprint density at radius 1 is 1.05 bits per heavy atom. The number of benzene rings is 1. The van der Waals surface area contributed by atoms with Gasteiger partial charge in [0, 0.05) is 30.9 Å². The minimum atomic E-state index is 0.333. The molecule has 2 heterocycles. The molecule has 4 heteroatoms. The summed E-state index contributed by atoms with van der Waals surface area (Å²) < 4.78 is 0. The van der Waals surface area contributed by atoms with Gasteiger partial charge in [-0.05, 0) is 36.8 Å². The van der Waals surface area contributed by atoms with Crippen LogP contribution in [0.3, 0.4) is 0 Å². The van der Waals surface area contributed by atoms with Crippen molar-refractivity contribution in [2.75, 3.05) is 18.0 Å². The fourth-order valence-electron chi connectivity index (χ4n) is 3.30. The minimum Gasteiger partial charge on any atom is -0.341 e. The third-order valence-electron chi connectivity index (χ3n) is 4.61. The highest BCUT2D eigenvalue weighted by molar-refractivity contribution is 5.70. The summed E-state index contributed by atoms with van der Waals surface area (Å²) in [5, 5.41) is 0. The van der Waals surface area contributed by atoms with Crippen molar-refractivity contribution in [2.45, 2.75) is 31.7 Å². The van der Waals surface area contributed by atoms with Gasteiger partial charge in [0.25, 0.3) is 0 Å². The lowest BCUT2D eigenvalue weighted by Gasteiger charge is -2.31. The Labute approximate surface area is 125 Å².